The van der Waals surface area contributed by atoms with Gasteiger partial charge in [0.15, 0.2) is 5.16 Å². The van der Waals surface area contributed by atoms with Crippen molar-refractivity contribution in [2.24, 2.45) is 0 Å². The van der Waals surface area contributed by atoms with Crippen LogP contribution in [0, 0.1) is 13.8 Å². The first-order chi connectivity index (χ1) is 11.5. The Hall–Kier alpha value is -1.28. The fourth-order valence-corrected chi connectivity index (χ4v) is 4.29. The van der Waals surface area contributed by atoms with Crippen molar-refractivity contribution in [2.45, 2.75) is 37.1 Å². The van der Waals surface area contributed by atoms with Crippen molar-refractivity contribution in [1.29, 1.82) is 0 Å². The Kier molecular flexibility index (Phi) is 6.91. The van der Waals surface area contributed by atoms with E-state index in [9.17, 15) is 9.59 Å². The minimum atomic E-state index is -0.277. The van der Waals surface area contributed by atoms with Crippen LogP contribution in [0.15, 0.2) is 5.16 Å². The third kappa shape index (κ3) is 4.63. The molecule has 0 radical (unpaired) electrons. The number of carbonyl (C=O) groups is 2. The van der Waals surface area contributed by atoms with Gasteiger partial charge in [-0.25, -0.2) is 9.97 Å². The highest BCUT2D eigenvalue weighted by Gasteiger charge is 2.29. The lowest BCUT2D eigenvalue weighted by molar-refractivity contribution is -0.141. The van der Waals surface area contributed by atoms with Gasteiger partial charge in [0.2, 0.25) is 5.91 Å². The minimum Gasteiger partial charge on any atom is -0.468 e. The van der Waals surface area contributed by atoms with Crippen LogP contribution in [0.2, 0.25) is 0 Å². The number of carbonyl (C=O) groups excluding carboxylic acids is 2. The molecule has 1 saturated heterocycles. The predicted molar refractivity (Wildman–Crippen MR) is 96.5 cm³/mol. The average Bonchev–Trinajstić information content (AvgIpc) is 2.59. The summed E-state index contributed by atoms with van der Waals surface area (Å²) >= 11 is 3.06. The number of hydrogen-bond acceptors (Lipinski definition) is 7. The van der Waals surface area contributed by atoms with Gasteiger partial charge in [0.1, 0.15) is 5.25 Å². The van der Waals surface area contributed by atoms with Crippen molar-refractivity contribution in [3.8, 4) is 0 Å². The van der Waals surface area contributed by atoms with E-state index >= 15 is 0 Å². The molecule has 1 aromatic heterocycles. The van der Waals surface area contributed by atoms with Crippen LogP contribution in [0.25, 0.3) is 0 Å². The maximum Gasteiger partial charge on any atom is 0.320 e. The molecule has 2 rings (SSSR count). The van der Waals surface area contributed by atoms with E-state index in [1.54, 1.807) is 16.7 Å². The molecule has 1 amide bonds. The van der Waals surface area contributed by atoms with E-state index in [1.807, 2.05) is 20.1 Å². The molecule has 2 heterocycles. The molecule has 1 aliphatic heterocycles. The summed E-state index contributed by atoms with van der Waals surface area (Å²) in [5.41, 5.74) is 2.90. The number of ether oxygens (including phenoxy) is 1. The lowest BCUT2D eigenvalue weighted by Gasteiger charge is -2.31. The van der Waals surface area contributed by atoms with Gasteiger partial charge < -0.3 is 9.64 Å². The molecule has 1 atom stereocenters. The van der Waals surface area contributed by atoms with Gasteiger partial charge in [-0.2, -0.15) is 0 Å². The maximum atomic E-state index is 12.5. The Morgan fingerprint density at radius 1 is 1.33 bits per heavy atom. The van der Waals surface area contributed by atoms with Gasteiger partial charge in [-0.3, -0.25) is 9.59 Å². The summed E-state index contributed by atoms with van der Waals surface area (Å²) in [7, 11) is 1.38. The smallest absolute Gasteiger partial charge is 0.320 e. The quantitative estimate of drug-likeness (QED) is 0.446. The zero-order valence-corrected chi connectivity index (χ0v) is 16.1. The third-order valence-corrected chi connectivity index (χ3v) is 5.76. The molecule has 132 valence electrons. The van der Waals surface area contributed by atoms with Crippen LogP contribution >= 0.6 is 23.5 Å². The van der Waals surface area contributed by atoms with Crippen molar-refractivity contribution >= 4 is 35.4 Å². The number of rotatable bonds is 5. The second kappa shape index (κ2) is 8.71. The van der Waals surface area contributed by atoms with E-state index in [-0.39, 0.29) is 17.1 Å². The lowest BCUT2D eigenvalue weighted by atomic mass is 10.1. The maximum absolute atomic E-state index is 12.5. The van der Waals surface area contributed by atoms with Gasteiger partial charge in [0, 0.05) is 36.7 Å². The lowest BCUT2D eigenvalue weighted by Crippen LogP contribution is -2.45. The molecule has 0 N–H and O–H groups in total. The van der Waals surface area contributed by atoms with Gasteiger partial charge in [-0.1, -0.05) is 11.8 Å². The Labute approximate surface area is 151 Å². The number of aromatic nitrogens is 2. The highest BCUT2D eigenvalue weighted by molar-refractivity contribution is 8.00. The van der Waals surface area contributed by atoms with E-state index in [1.165, 1.54) is 18.9 Å². The fraction of sp³-hybridized carbons (Fsp3) is 0.625. The van der Waals surface area contributed by atoms with Crippen LogP contribution in [-0.4, -0.2) is 64.2 Å². The molecular weight excluding hydrogens is 346 g/mol. The van der Waals surface area contributed by atoms with Gasteiger partial charge in [-0.05, 0) is 32.1 Å². The Balaban J connectivity index is 1.97. The summed E-state index contributed by atoms with van der Waals surface area (Å²) in [5.74, 6) is 0.567. The van der Waals surface area contributed by atoms with E-state index in [4.69, 9.17) is 4.74 Å². The number of esters is 1. The number of amides is 1. The van der Waals surface area contributed by atoms with Gasteiger partial charge >= 0.3 is 5.97 Å². The minimum absolute atomic E-state index is 0.0666. The summed E-state index contributed by atoms with van der Waals surface area (Å²) < 4.78 is 4.78. The molecule has 1 fully saturated rings. The van der Waals surface area contributed by atoms with Crippen LogP contribution in [0.5, 0.6) is 0 Å². The summed E-state index contributed by atoms with van der Waals surface area (Å²) in [6.07, 6.45) is 2.98. The molecule has 24 heavy (non-hydrogen) atoms. The molecule has 0 aromatic carbocycles. The normalized spacial score (nSPS) is 17.7. The summed E-state index contributed by atoms with van der Waals surface area (Å²) in [5, 5.41) is 0.481. The molecule has 0 unspecified atom stereocenters. The Morgan fingerprint density at radius 2 is 2.00 bits per heavy atom. The Morgan fingerprint density at radius 3 is 2.58 bits per heavy atom. The molecule has 8 heteroatoms. The monoisotopic (exact) mass is 369 g/mol. The van der Waals surface area contributed by atoms with E-state index in [0.29, 0.717) is 25.9 Å². The van der Waals surface area contributed by atoms with Crippen molar-refractivity contribution in [3.63, 3.8) is 0 Å². The van der Waals surface area contributed by atoms with Crippen LogP contribution in [-0.2, 0) is 20.7 Å². The Bertz CT molecular complexity index is 602. The van der Waals surface area contributed by atoms with E-state index < -0.39 is 0 Å². The largest absolute Gasteiger partial charge is 0.468 e. The third-order valence-electron chi connectivity index (χ3n) is 4.05. The molecule has 1 aliphatic rings. The number of methoxy groups -OCH3 is 1. The van der Waals surface area contributed by atoms with Crippen LogP contribution < -0.4 is 0 Å². The molecular formula is C16H23N3O3S2. The summed E-state index contributed by atoms with van der Waals surface area (Å²) in [6, 6.07) is 0. The summed E-state index contributed by atoms with van der Waals surface area (Å²) in [6.45, 7) is 5.02. The number of nitrogens with zero attached hydrogens (tertiary/aromatic N) is 3. The molecule has 0 aliphatic carbocycles. The van der Waals surface area contributed by atoms with Gasteiger partial charge in [0.25, 0.3) is 0 Å². The standard InChI is InChI=1S/C16H23N3O3S2/c1-10-12(11(2)18-16(17-10)23-4)5-6-14(20)19-7-8-24-13(9-19)15(21)22-3/h13H,5-9H2,1-4H3/t13-/m1/s1. The second-order valence-corrected chi connectivity index (χ2v) is 7.67. The summed E-state index contributed by atoms with van der Waals surface area (Å²) in [4.78, 5) is 34.8. The van der Waals surface area contributed by atoms with Crippen LogP contribution in [0.4, 0.5) is 0 Å². The topological polar surface area (TPSA) is 72.4 Å². The second-order valence-electron chi connectivity index (χ2n) is 5.58. The zero-order chi connectivity index (χ0) is 17.7. The first-order valence-electron chi connectivity index (χ1n) is 7.81. The van der Waals surface area contributed by atoms with Crippen molar-refractivity contribution in [3.05, 3.63) is 17.0 Å². The molecule has 0 bridgehead atoms. The van der Waals surface area contributed by atoms with Gasteiger partial charge in [0.05, 0.1) is 7.11 Å². The number of hydrogen-bond donors (Lipinski definition) is 0. The molecule has 0 spiro atoms. The average molecular weight is 370 g/mol. The molecule has 1 aromatic rings. The van der Waals surface area contributed by atoms with Gasteiger partial charge in [-0.15, -0.1) is 11.8 Å². The fourth-order valence-electron chi connectivity index (χ4n) is 2.70. The highest BCUT2D eigenvalue weighted by Crippen LogP contribution is 2.22. The zero-order valence-electron chi connectivity index (χ0n) is 14.5. The van der Waals surface area contributed by atoms with E-state index in [2.05, 4.69) is 9.97 Å². The van der Waals surface area contributed by atoms with Crippen LogP contribution in [0.3, 0.4) is 0 Å². The molecule has 0 saturated carbocycles. The van der Waals surface area contributed by atoms with Crippen molar-refractivity contribution in [2.75, 3.05) is 32.2 Å². The first-order valence-corrected chi connectivity index (χ1v) is 10.1. The van der Waals surface area contributed by atoms with Crippen molar-refractivity contribution in [1.82, 2.24) is 14.9 Å². The number of thioether (sulfide) groups is 2. The highest BCUT2D eigenvalue weighted by atomic mass is 32.2. The number of aryl methyl sites for hydroxylation is 2. The SMILES string of the molecule is COC(=O)[C@H]1CN(C(=O)CCc2c(C)nc(SC)nc2C)CCS1. The van der Waals surface area contributed by atoms with Crippen LogP contribution in [0.1, 0.15) is 23.4 Å². The molecule has 6 nitrogen and oxygen atoms in total. The predicted octanol–water partition coefficient (Wildman–Crippen LogP) is 1.86. The first kappa shape index (κ1) is 19.1. The van der Waals surface area contributed by atoms with E-state index in [0.717, 1.165) is 27.9 Å². The van der Waals surface area contributed by atoms with Crippen molar-refractivity contribution < 1.29 is 14.3 Å².